The summed E-state index contributed by atoms with van der Waals surface area (Å²) in [5, 5.41) is 10.2. The number of halogens is 2. The van der Waals surface area contributed by atoms with Gasteiger partial charge >= 0.3 is 0 Å². The van der Waals surface area contributed by atoms with Gasteiger partial charge in [-0.2, -0.15) is 0 Å². The van der Waals surface area contributed by atoms with Gasteiger partial charge in [0.25, 0.3) is 0 Å². The van der Waals surface area contributed by atoms with Crippen LogP contribution in [0.2, 0.25) is 0 Å². The number of furan rings is 1. The zero-order valence-corrected chi connectivity index (χ0v) is 10.7. The molecule has 0 bridgehead atoms. The summed E-state index contributed by atoms with van der Waals surface area (Å²) in [5.74, 6) is -0.317. The fraction of sp³-hybridized carbons (Fsp3) is 0.333. The molecule has 0 saturated carbocycles. The monoisotopic (exact) mass is 299 g/mol. The van der Waals surface area contributed by atoms with Crippen molar-refractivity contribution in [3.05, 3.63) is 28.7 Å². The van der Waals surface area contributed by atoms with E-state index in [0.29, 0.717) is 27.7 Å². The van der Waals surface area contributed by atoms with Gasteiger partial charge in [-0.15, -0.1) is 0 Å². The lowest BCUT2D eigenvalue weighted by molar-refractivity contribution is 0.0995. The van der Waals surface area contributed by atoms with E-state index in [1.807, 2.05) is 11.8 Å². The van der Waals surface area contributed by atoms with Crippen LogP contribution in [0.4, 0.5) is 10.1 Å². The fourth-order valence-electron chi connectivity index (χ4n) is 2.18. The normalized spacial score (nSPS) is 24.1. The van der Waals surface area contributed by atoms with Crippen LogP contribution in [-0.4, -0.2) is 23.8 Å². The van der Waals surface area contributed by atoms with E-state index in [1.54, 1.807) is 12.3 Å². The van der Waals surface area contributed by atoms with Crippen molar-refractivity contribution in [2.45, 2.75) is 19.1 Å². The molecule has 1 aromatic carbocycles. The van der Waals surface area contributed by atoms with Gasteiger partial charge in [0, 0.05) is 18.0 Å². The summed E-state index contributed by atoms with van der Waals surface area (Å²) in [4.78, 5) is 1.94. The van der Waals surface area contributed by atoms with Gasteiger partial charge in [-0.3, -0.25) is 0 Å². The van der Waals surface area contributed by atoms with Gasteiger partial charge in [-0.1, -0.05) is 0 Å². The van der Waals surface area contributed by atoms with Crippen LogP contribution >= 0.6 is 15.9 Å². The number of aliphatic hydroxyl groups is 1. The van der Waals surface area contributed by atoms with Crippen LogP contribution in [0.15, 0.2) is 27.3 Å². The highest BCUT2D eigenvalue weighted by Gasteiger charge is 2.35. The predicted octanol–water partition coefficient (Wildman–Crippen LogP) is 2.90. The molecule has 1 N–H and O–H groups in total. The molecule has 1 aromatic heterocycles. The Bertz CT molecular complexity index is 583. The summed E-state index contributed by atoms with van der Waals surface area (Å²) in [6.45, 7) is 2.42. The van der Waals surface area contributed by atoms with E-state index < -0.39 is 0 Å². The molecular weight excluding hydrogens is 289 g/mol. The third-order valence-corrected chi connectivity index (χ3v) is 4.16. The van der Waals surface area contributed by atoms with Crippen molar-refractivity contribution >= 4 is 32.6 Å². The van der Waals surface area contributed by atoms with Crippen molar-refractivity contribution in [1.29, 1.82) is 0 Å². The van der Waals surface area contributed by atoms with Gasteiger partial charge < -0.3 is 14.4 Å². The van der Waals surface area contributed by atoms with Gasteiger partial charge in [-0.05, 0) is 28.9 Å². The number of hydrogen-bond donors (Lipinski definition) is 1. The Balaban J connectivity index is 2.17. The van der Waals surface area contributed by atoms with Crippen LogP contribution in [-0.2, 0) is 0 Å². The second-order valence-corrected chi connectivity index (χ2v) is 5.11. The Labute approximate surface area is 106 Å². The van der Waals surface area contributed by atoms with Gasteiger partial charge in [0.1, 0.15) is 5.82 Å². The van der Waals surface area contributed by atoms with E-state index in [4.69, 9.17) is 4.42 Å². The summed E-state index contributed by atoms with van der Waals surface area (Å²) in [5.41, 5.74) is 1.35. The lowest BCUT2D eigenvalue weighted by atomic mass is 9.99. The van der Waals surface area contributed by atoms with Crippen LogP contribution in [0, 0.1) is 5.82 Å². The smallest absolute Gasteiger partial charge is 0.158 e. The average Bonchev–Trinajstić information content (AvgIpc) is 2.80. The Kier molecular flexibility index (Phi) is 2.41. The number of β-amino-alcohol motifs (C(OH)–C–C–N with tert-alkyl or cyclic N) is 1. The lowest BCUT2D eigenvalue weighted by Gasteiger charge is -2.45. The Hall–Kier alpha value is -1.07. The second kappa shape index (κ2) is 3.71. The van der Waals surface area contributed by atoms with Gasteiger partial charge in [0.2, 0.25) is 0 Å². The fourth-order valence-corrected chi connectivity index (χ4v) is 2.61. The van der Waals surface area contributed by atoms with E-state index >= 15 is 0 Å². The molecule has 2 atom stereocenters. The molecule has 90 valence electrons. The van der Waals surface area contributed by atoms with Crippen LogP contribution in [0.1, 0.15) is 6.92 Å². The van der Waals surface area contributed by atoms with E-state index in [0.717, 1.165) is 0 Å². The van der Waals surface area contributed by atoms with E-state index in [2.05, 4.69) is 15.9 Å². The maximum Gasteiger partial charge on any atom is 0.158 e. The maximum absolute atomic E-state index is 13.8. The lowest BCUT2D eigenvalue weighted by Crippen LogP contribution is -2.58. The van der Waals surface area contributed by atoms with Crippen LogP contribution in [0.3, 0.4) is 0 Å². The number of nitrogens with zero attached hydrogens (tertiary/aromatic N) is 1. The summed E-state index contributed by atoms with van der Waals surface area (Å²) in [6, 6.07) is 3.16. The Morgan fingerprint density at radius 1 is 1.59 bits per heavy atom. The first-order chi connectivity index (χ1) is 8.09. The molecule has 1 saturated heterocycles. The third kappa shape index (κ3) is 1.49. The molecule has 0 amide bonds. The summed E-state index contributed by atoms with van der Waals surface area (Å²) in [7, 11) is 0. The molecule has 0 unspecified atom stereocenters. The predicted molar refractivity (Wildman–Crippen MR) is 66.7 cm³/mol. The summed E-state index contributed by atoms with van der Waals surface area (Å²) in [6.07, 6.45) is 1.19. The quantitative estimate of drug-likeness (QED) is 0.880. The van der Waals surface area contributed by atoms with Crippen molar-refractivity contribution in [2.24, 2.45) is 0 Å². The zero-order valence-electron chi connectivity index (χ0n) is 9.15. The molecule has 1 aliphatic rings. The van der Waals surface area contributed by atoms with Crippen molar-refractivity contribution in [3.63, 3.8) is 0 Å². The van der Waals surface area contributed by atoms with Crippen LogP contribution in [0.25, 0.3) is 11.0 Å². The van der Waals surface area contributed by atoms with Crippen molar-refractivity contribution in [1.82, 2.24) is 0 Å². The highest BCUT2D eigenvalue weighted by molar-refractivity contribution is 9.10. The number of aliphatic hydroxyl groups excluding tert-OH is 1. The Morgan fingerprint density at radius 3 is 3.00 bits per heavy atom. The number of fused-ring (bicyclic) bond motifs is 1. The number of benzene rings is 1. The van der Waals surface area contributed by atoms with Gasteiger partial charge in [-0.25, -0.2) is 4.39 Å². The van der Waals surface area contributed by atoms with Crippen LogP contribution in [0.5, 0.6) is 0 Å². The molecule has 0 spiro atoms. The van der Waals surface area contributed by atoms with Crippen molar-refractivity contribution in [3.8, 4) is 0 Å². The number of rotatable bonds is 1. The molecule has 3 rings (SSSR count). The SMILES string of the molecule is C[C@H]1[C@H](O)CN1c1cc(F)c(Br)c2ccoc12. The van der Waals surface area contributed by atoms with Gasteiger partial charge in [0.15, 0.2) is 5.58 Å². The first kappa shape index (κ1) is 11.0. The van der Waals surface area contributed by atoms with E-state index in [9.17, 15) is 9.50 Å². The number of anilines is 1. The topological polar surface area (TPSA) is 36.6 Å². The highest BCUT2D eigenvalue weighted by atomic mass is 79.9. The maximum atomic E-state index is 13.8. The van der Waals surface area contributed by atoms with E-state index in [1.165, 1.54) is 6.07 Å². The molecule has 3 nitrogen and oxygen atoms in total. The highest BCUT2D eigenvalue weighted by Crippen LogP contribution is 2.38. The minimum atomic E-state index is -0.355. The molecule has 0 radical (unpaired) electrons. The second-order valence-electron chi connectivity index (χ2n) is 4.32. The minimum absolute atomic E-state index is 0.0103. The van der Waals surface area contributed by atoms with Crippen LogP contribution < -0.4 is 4.90 Å². The molecule has 0 aliphatic carbocycles. The molecule has 1 fully saturated rings. The van der Waals surface area contributed by atoms with E-state index in [-0.39, 0.29) is 18.0 Å². The van der Waals surface area contributed by atoms with Gasteiger partial charge in [0.05, 0.1) is 28.6 Å². The minimum Gasteiger partial charge on any atom is -0.462 e. The molecule has 5 heteroatoms. The molecule has 17 heavy (non-hydrogen) atoms. The molecule has 2 heterocycles. The van der Waals surface area contributed by atoms with Crippen molar-refractivity contribution < 1.29 is 13.9 Å². The zero-order chi connectivity index (χ0) is 12.2. The van der Waals surface area contributed by atoms with Crippen molar-refractivity contribution in [2.75, 3.05) is 11.4 Å². The third-order valence-electron chi connectivity index (χ3n) is 3.35. The first-order valence-electron chi connectivity index (χ1n) is 5.39. The summed E-state index contributed by atoms with van der Waals surface area (Å²) >= 11 is 3.21. The number of hydrogen-bond acceptors (Lipinski definition) is 3. The Morgan fingerprint density at radius 2 is 2.35 bits per heavy atom. The molecule has 1 aliphatic heterocycles. The summed E-state index contributed by atoms with van der Waals surface area (Å²) < 4.78 is 19.6. The average molecular weight is 300 g/mol. The standard InChI is InChI=1S/C12H11BrFNO2/c1-6-10(16)5-15(6)9-4-8(14)11(13)7-2-3-17-12(7)9/h2-4,6,10,16H,5H2,1H3/t6-,10+/m0/s1. The molecular formula is C12H11BrFNO2. The molecule has 2 aromatic rings. The first-order valence-corrected chi connectivity index (χ1v) is 6.19. The largest absolute Gasteiger partial charge is 0.462 e.